The van der Waals surface area contributed by atoms with E-state index in [1.54, 1.807) is 7.11 Å². The van der Waals surface area contributed by atoms with Crippen molar-refractivity contribution in [3.8, 4) is 0 Å². The Morgan fingerprint density at radius 2 is 2.07 bits per heavy atom. The summed E-state index contributed by atoms with van der Waals surface area (Å²) in [5.41, 5.74) is 1.14. The summed E-state index contributed by atoms with van der Waals surface area (Å²) in [5, 5.41) is 9.37. The molecule has 0 spiro atoms. The second kappa shape index (κ2) is 6.26. The number of hydrogen-bond acceptors (Lipinski definition) is 2. The fourth-order valence-electron chi connectivity index (χ4n) is 1.60. The van der Waals surface area contributed by atoms with Gasteiger partial charge in [-0.05, 0) is 25.0 Å². The molecule has 0 aliphatic rings. The van der Waals surface area contributed by atoms with Crippen LogP contribution in [0.5, 0.6) is 0 Å². The highest BCUT2D eigenvalue weighted by Crippen LogP contribution is 2.28. The maximum atomic E-state index is 9.37. The first-order chi connectivity index (χ1) is 7.19. The van der Waals surface area contributed by atoms with E-state index in [0.29, 0.717) is 0 Å². The molecule has 0 amide bonds. The van der Waals surface area contributed by atoms with Gasteiger partial charge < -0.3 is 9.84 Å². The average Bonchev–Trinajstić information content (AvgIpc) is 2.26. The molecule has 3 heteroatoms. The van der Waals surface area contributed by atoms with Crippen molar-refractivity contribution >= 4 is 15.9 Å². The molecule has 0 fully saturated rings. The molecule has 0 aliphatic carbocycles. The third kappa shape index (κ3) is 3.59. The summed E-state index contributed by atoms with van der Waals surface area (Å²) in [7, 11) is 1.69. The number of aliphatic hydroxyl groups is 1. The van der Waals surface area contributed by atoms with E-state index in [1.807, 2.05) is 31.2 Å². The van der Waals surface area contributed by atoms with Gasteiger partial charge in [0.25, 0.3) is 0 Å². The molecule has 2 nitrogen and oxygen atoms in total. The second-order valence-corrected chi connectivity index (χ2v) is 4.54. The molecule has 84 valence electrons. The van der Waals surface area contributed by atoms with E-state index in [-0.39, 0.29) is 18.6 Å². The summed E-state index contributed by atoms with van der Waals surface area (Å²) in [6.45, 7) is 2.16. The lowest BCUT2D eigenvalue weighted by molar-refractivity contribution is 0.0949. The Balaban J connectivity index is 2.78. The van der Waals surface area contributed by atoms with Crippen molar-refractivity contribution in [1.29, 1.82) is 0 Å². The predicted molar refractivity (Wildman–Crippen MR) is 65.1 cm³/mol. The van der Waals surface area contributed by atoms with Crippen LogP contribution >= 0.6 is 15.9 Å². The van der Waals surface area contributed by atoms with E-state index in [0.717, 1.165) is 16.5 Å². The van der Waals surface area contributed by atoms with Crippen LogP contribution in [-0.4, -0.2) is 24.9 Å². The molecule has 15 heavy (non-hydrogen) atoms. The lowest BCUT2D eigenvalue weighted by atomic mass is 9.94. The van der Waals surface area contributed by atoms with E-state index < -0.39 is 0 Å². The number of halogens is 1. The molecule has 1 aromatic rings. The van der Waals surface area contributed by atoms with Crippen molar-refractivity contribution in [3.63, 3.8) is 0 Å². The lowest BCUT2D eigenvalue weighted by Crippen LogP contribution is -2.14. The van der Waals surface area contributed by atoms with Crippen LogP contribution in [0.3, 0.4) is 0 Å². The van der Waals surface area contributed by atoms with Gasteiger partial charge in [-0.15, -0.1) is 0 Å². The molecule has 2 atom stereocenters. The predicted octanol–water partition coefficient (Wildman–Crippen LogP) is 2.95. The fourth-order valence-corrected chi connectivity index (χ4v) is 2.21. The van der Waals surface area contributed by atoms with Crippen LogP contribution in [0.1, 0.15) is 24.8 Å². The quantitative estimate of drug-likeness (QED) is 0.893. The Bertz CT molecular complexity index is 301. The van der Waals surface area contributed by atoms with E-state index in [1.165, 1.54) is 0 Å². The van der Waals surface area contributed by atoms with Crippen LogP contribution in [0.4, 0.5) is 0 Å². The summed E-state index contributed by atoms with van der Waals surface area (Å²) in [6.07, 6.45) is 0.990. The first kappa shape index (κ1) is 12.7. The van der Waals surface area contributed by atoms with Gasteiger partial charge in [-0.1, -0.05) is 34.1 Å². The van der Waals surface area contributed by atoms with Gasteiger partial charge in [-0.3, -0.25) is 0 Å². The third-order valence-corrected chi connectivity index (χ3v) is 3.31. The second-order valence-electron chi connectivity index (χ2n) is 3.68. The van der Waals surface area contributed by atoms with Crippen molar-refractivity contribution in [1.82, 2.24) is 0 Å². The molecular formula is C12H17BrO2. The summed E-state index contributed by atoms with van der Waals surface area (Å²) in [5.74, 6) is 0.135. The molecule has 1 rings (SSSR count). The molecule has 0 saturated heterocycles. The van der Waals surface area contributed by atoms with Gasteiger partial charge >= 0.3 is 0 Å². The van der Waals surface area contributed by atoms with Crippen LogP contribution in [0, 0.1) is 0 Å². The molecule has 1 aromatic carbocycles. The molecule has 0 saturated carbocycles. The van der Waals surface area contributed by atoms with Crippen LogP contribution in [-0.2, 0) is 4.74 Å². The molecule has 2 unspecified atom stereocenters. The van der Waals surface area contributed by atoms with E-state index in [2.05, 4.69) is 15.9 Å². The van der Waals surface area contributed by atoms with Gasteiger partial charge in [0, 0.05) is 17.5 Å². The molecule has 0 aliphatic heterocycles. The fraction of sp³-hybridized carbons (Fsp3) is 0.500. The minimum Gasteiger partial charge on any atom is -0.396 e. The minimum atomic E-state index is 0.135. The Morgan fingerprint density at radius 1 is 1.40 bits per heavy atom. The SMILES string of the molecule is COC(C)CC(CO)c1ccccc1Br. The molecule has 0 radical (unpaired) electrons. The van der Waals surface area contributed by atoms with Gasteiger partial charge in [0.05, 0.1) is 12.7 Å². The maximum absolute atomic E-state index is 9.37. The third-order valence-electron chi connectivity index (χ3n) is 2.58. The normalized spacial score (nSPS) is 14.9. The van der Waals surface area contributed by atoms with Gasteiger partial charge in [0.1, 0.15) is 0 Å². The Hall–Kier alpha value is -0.380. The molecular weight excluding hydrogens is 256 g/mol. The monoisotopic (exact) mass is 272 g/mol. The number of hydrogen-bond donors (Lipinski definition) is 1. The highest BCUT2D eigenvalue weighted by molar-refractivity contribution is 9.10. The van der Waals surface area contributed by atoms with E-state index in [4.69, 9.17) is 4.74 Å². The number of ether oxygens (including phenoxy) is 1. The lowest BCUT2D eigenvalue weighted by Gasteiger charge is -2.19. The molecule has 1 N–H and O–H groups in total. The van der Waals surface area contributed by atoms with Crippen molar-refractivity contribution in [3.05, 3.63) is 34.3 Å². The van der Waals surface area contributed by atoms with Crippen molar-refractivity contribution in [2.75, 3.05) is 13.7 Å². The standard InChI is InChI=1S/C12H17BrO2/c1-9(15-2)7-10(8-14)11-5-3-4-6-12(11)13/h3-6,9-10,14H,7-8H2,1-2H3. The minimum absolute atomic E-state index is 0.135. The van der Waals surface area contributed by atoms with Crippen molar-refractivity contribution in [2.24, 2.45) is 0 Å². The van der Waals surface area contributed by atoms with Gasteiger partial charge in [0.2, 0.25) is 0 Å². The maximum Gasteiger partial charge on any atom is 0.0549 e. The Kier molecular flexibility index (Phi) is 5.29. The highest BCUT2D eigenvalue weighted by atomic mass is 79.9. The topological polar surface area (TPSA) is 29.5 Å². The largest absolute Gasteiger partial charge is 0.396 e. The number of methoxy groups -OCH3 is 1. The smallest absolute Gasteiger partial charge is 0.0549 e. The molecule has 0 bridgehead atoms. The van der Waals surface area contributed by atoms with Crippen LogP contribution in [0.2, 0.25) is 0 Å². The summed E-state index contributed by atoms with van der Waals surface area (Å²) >= 11 is 3.50. The van der Waals surface area contributed by atoms with Crippen molar-refractivity contribution in [2.45, 2.75) is 25.4 Å². The zero-order valence-electron chi connectivity index (χ0n) is 9.11. The number of rotatable bonds is 5. The average molecular weight is 273 g/mol. The van der Waals surface area contributed by atoms with Crippen LogP contribution in [0.15, 0.2) is 28.7 Å². The Labute approximate surface area is 99.4 Å². The zero-order chi connectivity index (χ0) is 11.3. The Morgan fingerprint density at radius 3 is 2.60 bits per heavy atom. The summed E-state index contributed by atoms with van der Waals surface area (Å²) < 4.78 is 6.27. The van der Waals surface area contributed by atoms with Crippen molar-refractivity contribution < 1.29 is 9.84 Å². The van der Waals surface area contributed by atoms with Gasteiger partial charge in [-0.25, -0.2) is 0 Å². The number of aliphatic hydroxyl groups excluding tert-OH is 1. The zero-order valence-corrected chi connectivity index (χ0v) is 10.7. The van der Waals surface area contributed by atoms with E-state index in [9.17, 15) is 5.11 Å². The first-order valence-electron chi connectivity index (χ1n) is 5.07. The molecule has 0 heterocycles. The summed E-state index contributed by atoms with van der Waals surface area (Å²) in [4.78, 5) is 0. The van der Waals surface area contributed by atoms with Crippen LogP contribution < -0.4 is 0 Å². The first-order valence-corrected chi connectivity index (χ1v) is 5.86. The molecule has 0 aromatic heterocycles. The van der Waals surface area contributed by atoms with Gasteiger partial charge in [0.15, 0.2) is 0 Å². The van der Waals surface area contributed by atoms with Crippen LogP contribution in [0.25, 0.3) is 0 Å². The highest BCUT2D eigenvalue weighted by Gasteiger charge is 2.16. The summed E-state index contributed by atoms with van der Waals surface area (Å²) in [6, 6.07) is 7.99. The van der Waals surface area contributed by atoms with E-state index >= 15 is 0 Å². The van der Waals surface area contributed by atoms with Gasteiger partial charge in [-0.2, -0.15) is 0 Å². The number of benzene rings is 1.